The second-order valence-corrected chi connectivity index (χ2v) is 10.6. The number of nitrogen functional groups attached to an aromatic ring is 1. The zero-order valence-electron chi connectivity index (χ0n) is 17.4. The molecule has 0 saturated carbocycles. The molecule has 0 aromatic heterocycles. The van der Waals surface area contributed by atoms with Crippen molar-refractivity contribution in [2.75, 3.05) is 63.6 Å². The van der Waals surface area contributed by atoms with Crippen molar-refractivity contribution >= 4 is 32.3 Å². The summed E-state index contributed by atoms with van der Waals surface area (Å²) >= 11 is 0. The Hall–Kier alpha value is -1.61. The number of benzene rings is 1. The SMILES string of the molecule is N=C(N)c1c(NCCN2CCNCC2)ccc(S(=O)CN[C@@H]2CCNC2)c1S(N)(=O)=O. The van der Waals surface area contributed by atoms with Crippen LogP contribution < -0.4 is 32.1 Å². The molecule has 9 N–H and O–H groups in total. The maximum absolute atomic E-state index is 12.9. The molecule has 2 aliphatic rings. The van der Waals surface area contributed by atoms with Crippen LogP contribution in [0, 0.1) is 5.41 Å². The number of primary sulfonamides is 1. The van der Waals surface area contributed by atoms with Crippen LogP contribution in [0.2, 0.25) is 0 Å². The molecule has 0 bridgehead atoms. The molecule has 2 saturated heterocycles. The molecule has 1 unspecified atom stereocenters. The van der Waals surface area contributed by atoms with Crippen molar-refractivity contribution in [1.29, 1.82) is 5.41 Å². The van der Waals surface area contributed by atoms with Gasteiger partial charge in [0.15, 0.2) is 0 Å². The molecule has 11 nitrogen and oxygen atoms in total. The Morgan fingerprint density at radius 3 is 2.61 bits per heavy atom. The Morgan fingerprint density at radius 1 is 1.26 bits per heavy atom. The minimum Gasteiger partial charge on any atom is -0.384 e. The smallest absolute Gasteiger partial charge is 0.240 e. The number of piperazine rings is 1. The standard InChI is InChI=1S/C18H32N8O3S2/c19-18(20)16-14(24-7-10-26-8-5-22-6-9-26)1-2-15(17(16)31(21,28)29)30(27)12-25-13-3-4-23-11-13/h1-2,13,22-25H,3-12H2,(H3,19,20)(H2,21,28,29)/t13-,30?/m1/s1. The van der Waals surface area contributed by atoms with E-state index in [1.54, 1.807) is 6.07 Å². The summed E-state index contributed by atoms with van der Waals surface area (Å²) in [7, 11) is -5.95. The van der Waals surface area contributed by atoms with Gasteiger partial charge in [0.2, 0.25) is 10.0 Å². The molecular weight excluding hydrogens is 440 g/mol. The van der Waals surface area contributed by atoms with E-state index in [1.807, 2.05) is 0 Å². The highest BCUT2D eigenvalue weighted by Gasteiger charge is 2.27. The third-order valence-electron chi connectivity index (χ3n) is 5.44. The molecule has 31 heavy (non-hydrogen) atoms. The second-order valence-electron chi connectivity index (χ2n) is 7.68. The van der Waals surface area contributed by atoms with Gasteiger partial charge in [0.05, 0.1) is 27.1 Å². The summed E-state index contributed by atoms with van der Waals surface area (Å²) < 4.78 is 37.8. The molecule has 174 valence electrons. The van der Waals surface area contributed by atoms with Crippen LogP contribution in [0.1, 0.15) is 12.0 Å². The van der Waals surface area contributed by atoms with E-state index in [-0.39, 0.29) is 27.3 Å². The lowest BCUT2D eigenvalue weighted by atomic mass is 10.1. The molecule has 0 aliphatic carbocycles. The van der Waals surface area contributed by atoms with E-state index < -0.39 is 26.7 Å². The molecule has 13 heteroatoms. The van der Waals surface area contributed by atoms with Crippen LogP contribution >= 0.6 is 0 Å². The predicted molar refractivity (Wildman–Crippen MR) is 122 cm³/mol. The molecule has 0 radical (unpaired) electrons. The quantitative estimate of drug-likeness (QED) is 0.149. The topological polar surface area (TPSA) is 178 Å². The Kier molecular flexibility index (Phi) is 8.38. The lowest BCUT2D eigenvalue weighted by Crippen LogP contribution is -2.45. The van der Waals surface area contributed by atoms with E-state index in [1.165, 1.54) is 6.07 Å². The lowest BCUT2D eigenvalue weighted by Gasteiger charge is -2.27. The van der Waals surface area contributed by atoms with Crippen molar-refractivity contribution in [1.82, 2.24) is 20.9 Å². The van der Waals surface area contributed by atoms with Crippen LogP contribution in [0.3, 0.4) is 0 Å². The number of sulfonamides is 1. The minimum absolute atomic E-state index is 0.0313. The summed E-state index contributed by atoms with van der Waals surface area (Å²) in [5.41, 5.74) is 6.11. The number of amidine groups is 1. The van der Waals surface area contributed by atoms with Crippen molar-refractivity contribution in [3.8, 4) is 0 Å². The fourth-order valence-corrected chi connectivity index (χ4v) is 6.38. The van der Waals surface area contributed by atoms with E-state index in [2.05, 4.69) is 26.2 Å². The largest absolute Gasteiger partial charge is 0.384 e. The fraction of sp³-hybridized carbons (Fsp3) is 0.611. The van der Waals surface area contributed by atoms with E-state index in [0.29, 0.717) is 12.2 Å². The van der Waals surface area contributed by atoms with Crippen molar-refractivity contribution in [3.63, 3.8) is 0 Å². The zero-order chi connectivity index (χ0) is 22.4. The number of anilines is 1. The monoisotopic (exact) mass is 472 g/mol. The summed E-state index contributed by atoms with van der Waals surface area (Å²) in [6.07, 6.45) is 0.911. The third kappa shape index (κ3) is 6.44. The van der Waals surface area contributed by atoms with Gasteiger partial charge in [-0.15, -0.1) is 0 Å². The van der Waals surface area contributed by atoms with Crippen molar-refractivity contribution < 1.29 is 12.6 Å². The Bertz CT molecular complexity index is 913. The van der Waals surface area contributed by atoms with Crippen LogP contribution in [-0.4, -0.2) is 87.6 Å². The first-order valence-electron chi connectivity index (χ1n) is 10.3. The molecule has 2 atom stereocenters. The number of rotatable bonds is 10. The van der Waals surface area contributed by atoms with Gasteiger partial charge in [-0.3, -0.25) is 14.5 Å². The first-order chi connectivity index (χ1) is 14.8. The highest BCUT2D eigenvalue weighted by atomic mass is 32.2. The van der Waals surface area contributed by atoms with Gasteiger partial charge < -0.3 is 27.0 Å². The maximum atomic E-state index is 12.9. The number of hydrogen-bond donors (Lipinski definition) is 7. The molecule has 0 spiro atoms. The molecule has 1 aromatic carbocycles. The normalized spacial score (nSPS) is 21.1. The first-order valence-corrected chi connectivity index (χ1v) is 13.2. The highest BCUT2D eigenvalue weighted by Crippen LogP contribution is 2.29. The van der Waals surface area contributed by atoms with Crippen LogP contribution in [-0.2, 0) is 20.8 Å². The van der Waals surface area contributed by atoms with Crippen LogP contribution in [0.5, 0.6) is 0 Å². The van der Waals surface area contributed by atoms with Gasteiger partial charge in [-0.25, -0.2) is 13.6 Å². The van der Waals surface area contributed by atoms with E-state index in [0.717, 1.165) is 52.2 Å². The Labute approximate surface area is 185 Å². The predicted octanol–water partition coefficient (Wildman–Crippen LogP) is -2.05. The number of hydrogen-bond acceptors (Lipinski definition) is 9. The summed E-state index contributed by atoms with van der Waals surface area (Å²) in [6.45, 7) is 6.69. The van der Waals surface area contributed by atoms with Crippen LogP contribution in [0.4, 0.5) is 5.69 Å². The number of nitrogens with two attached hydrogens (primary N) is 2. The summed E-state index contributed by atoms with van der Waals surface area (Å²) in [5, 5.41) is 26.3. The van der Waals surface area contributed by atoms with Crippen LogP contribution in [0.25, 0.3) is 0 Å². The van der Waals surface area contributed by atoms with Gasteiger partial charge in [0.25, 0.3) is 0 Å². The summed E-state index contributed by atoms with van der Waals surface area (Å²) in [5.74, 6) is -0.359. The van der Waals surface area contributed by atoms with Crippen molar-refractivity contribution in [2.24, 2.45) is 10.9 Å². The second kappa shape index (κ2) is 10.8. The molecule has 0 amide bonds. The Morgan fingerprint density at radius 2 is 2.00 bits per heavy atom. The molecule has 1 aromatic rings. The van der Waals surface area contributed by atoms with Gasteiger partial charge in [-0.05, 0) is 25.1 Å². The Balaban J connectivity index is 1.81. The van der Waals surface area contributed by atoms with E-state index >= 15 is 0 Å². The first kappa shape index (κ1) is 24.0. The maximum Gasteiger partial charge on any atom is 0.240 e. The molecule has 2 aliphatic heterocycles. The molecular formula is C18H32N8O3S2. The van der Waals surface area contributed by atoms with E-state index in [4.69, 9.17) is 16.3 Å². The average molecular weight is 473 g/mol. The van der Waals surface area contributed by atoms with Gasteiger partial charge in [-0.1, -0.05) is 0 Å². The highest BCUT2D eigenvalue weighted by molar-refractivity contribution is 7.91. The van der Waals surface area contributed by atoms with Gasteiger partial charge in [0, 0.05) is 57.5 Å². The van der Waals surface area contributed by atoms with Gasteiger partial charge >= 0.3 is 0 Å². The summed E-state index contributed by atoms with van der Waals surface area (Å²) in [4.78, 5) is 1.99. The molecule has 2 fully saturated rings. The van der Waals surface area contributed by atoms with E-state index in [9.17, 15) is 12.6 Å². The number of nitrogens with zero attached hydrogens (tertiary/aromatic N) is 1. The van der Waals surface area contributed by atoms with Crippen molar-refractivity contribution in [3.05, 3.63) is 17.7 Å². The van der Waals surface area contributed by atoms with Crippen LogP contribution in [0.15, 0.2) is 21.9 Å². The number of nitrogens with one attached hydrogen (secondary N) is 5. The summed E-state index contributed by atoms with van der Waals surface area (Å²) in [6, 6.07) is 3.29. The zero-order valence-corrected chi connectivity index (χ0v) is 19.1. The van der Waals surface area contributed by atoms with Gasteiger partial charge in [-0.2, -0.15) is 0 Å². The van der Waals surface area contributed by atoms with Crippen molar-refractivity contribution in [2.45, 2.75) is 22.3 Å². The average Bonchev–Trinajstić information content (AvgIpc) is 3.25. The fourth-order valence-electron chi connectivity index (χ4n) is 3.82. The molecule has 2 heterocycles. The lowest BCUT2D eigenvalue weighted by molar-refractivity contribution is 0.249. The molecule has 3 rings (SSSR count). The third-order valence-corrected chi connectivity index (χ3v) is 7.82. The minimum atomic E-state index is -4.27. The van der Waals surface area contributed by atoms with Gasteiger partial charge in [0.1, 0.15) is 10.7 Å².